The van der Waals surface area contributed by atoms with Gasteiger partial charge in [0.25, 0.3) is 0 Å². The molecule has 0 fully saturated rings. The molecule has 0 spiro atoms. The maximum Gasteiger partial charge on any atom is 0.221 e. The predicted molar refractivity (Wildman–Crippen MR) is 121 cm³/mol. The summed E-state index contributed by atoms with van der Waals surface area (Å²) in [5.41, 5.74) is 6.82. The average molecular weight is 382 g/mol. The summed E-state index contributed by atoms with van der Waals surface area (Å²) in [4.78, 5) is 11.8. The Hall–Kier alpha value is -0.530. The summed E-state index contributed by atoms with van der Waals surface area (Å²) in [7, 11) is 0. The fourth-order valence-corrected chi connectivity index (χ4v) is 3.97. The van der Waals surface area contributed by atoms with E-state index >= 15 is 0 Å². The van der Waals surface area contributed by atoms with E-state index in [1.807, 2.05) is 0 Å². The molecule has 0 saturated carbocycles. The van der Waals surface area contributed by atoms with Gasteiger partial charge in [0.05, 0.1) is 0 Å². The van der Waals surface area contributed by atoms with Gasteiger partial charge in [-0.05, 0) is 60.2 Å². The summed E-state index contributed by atoms with van der Waals surface area (Å²) in [5.74, 6) is -0.163. The highest BCUT2D eigenvalue weighted by Gasteiger charge is 2.30. The van der Waals surface area contributed by atoms with Crippen LogP contribution in [-0.2, 0) is 4.79 Å². The van der Waals surface area contributed by atoms with Gasteiger partial charge in [0.1, 0.15) is 0 Å². The Balaban J connectivity index is 4.32. The van der Waals surface area contributed by atoms with Gasteiger partial charge in [0, 0.05) is 5.92 Å². The van der Waals surface area contributed by atoms with Crippen LogP contribution in [0.4, 0.5) is 0 Å². The number of rotatable bonds is 12. The van der Waals surface area contributed by atoms with Gasteiger partial charge in [0.2, 0.25) is 5.91 Å². The highest BCUT2D eigenvalue weighted by atomic mass is 16.1. The second kappa shape index (κ2) is 10.3. The maximum atomic E-state index is 11.8. The van der Waals surface area contributed by atoms with Crippen LogP contribution < -0.4 is 5.73 Å². The number of hydrogen-bond donors (Lipinski definition) is 1. The van der Waals surface area contributed by atoms with Gasteiger partial charge >= 0.3 is 0 Å². The van der Waals surface area contributed by atoms with Crippen molar-refractivity contribution >= 4 is 5.91 Å². The summed E-state index contributed by atoms with van der Waals surface area (Å²) in [6.07, 6.45) is 11.1. The average Bonchev–Trinajstić information content (AvgIpc) is 2.44. The third-order valence-corrected chi connectivity index (χ3v) is 6.24. The zero-order valence-corrected chi connectivity index (χ0v) is 20.4. The van der Waals surface area contributed by atoms with Crippen molar-refractivity contribution in [3.63, 3.8) is 0 Å². The first-order chi connectivity index (χ1) is 12.0. The van der Waals surface area contributed by atoms with E-state index in [-0.39, 0.29) is 17.2 Å². The molecular weight excluding hydrogens is 330 g/mol. The quantitative estimate of drug-likeness (QED) is 0.345. The van der Waals surface area contributed by atoms with E-state index in [1.54, 1.807) is 0 Å². The molecule has 0 bridgehead atoms. The molecule has 0 aromatic carbocycles. The molecule has 162 valence electrons. The summed E-state index contributed by atoms with van der Waals surface area (Å²) in [6.45, 7) is 23.0. The number of unbranched alkanes of at least 4 members (excludes halogenated alkanes) is 1. The van der Waals surface area contributed by atoms with Crippen molar-refractivity contribution in [1.82, 2.24) is 0 Å². The second-order valence-electron chi connectivity index (χ2n) is 12.8. The summed E-state index contributed by atoms with van der Waals surface area (Å²) >= 11 is 0. The number of amides is 1. The van der Waals surface area contributed by atoms with Crippen molar-refractivity contribution in [1.29, 1.82) is 0 Å². The third-order valence-electron chi connectivity index (χ3n) is 6.24. The monoisotopic (exact) mass is 381 g/mol. The molecule has 1 atom stereocenters. The van der Waals surface area contributed by atoms with Crippen molar-refractivity contribution in [2.24, 2.45) is 33.3 Å². The molecule has 0 rings (SSSR count). The Morgan fingerprint density at radius 1 is 0.667 bits per heavy atom. The first kappa shape index (κ1) is 26.5. The lowest BCUT2D eigenvalue weighted by Gasteiger charge is -2.33. The summed E-state index contributed by atoms with van der Waals surface area (Å²) < 4.78 is 0. The highest BCUT2D eigenvalue weighted by Crippen LogP contribution is 2.39. The van der Waals surface area contributed by atoms with E-state index in [0.717, 1.165) is 12.8 Å². The number of nitrogens with two attached hydrogens (primary N) is 1. The number of carbonyl (C=O) groups is 1. The Morgan fingerprint density at radius 2 is 1.07 bits per heavy atom. The van der Waals surface area contributed by atoms with Gasteiger partial charge in [-0.1, -0.05) is 88.5 Å². The zero-order chi connectivity index (χ0) is 21.5. The van der Waals surface area contributed by atoms with Crippen LogP contribution in [0.2, 0.25) is 0 Å². The van der Waals surface area contributed by atoms with Crippen LogP contribution in [0.5, 0.6) is 0 Å². The van der Waals surface area contributed by atoms with Crippen LogP contribution in [0.3, 0.4) is 0 Å². The first-order valence-corrected chi connectivity index (χ1v) is 11.2. The van der Waals surface area contributed by atoms with Crippen LogP contribution in [0, 0.1) is 27.6 Å². The second-order valence-corrected chi connectivity index (χ2v) is 12.8. The van der Waals surface area contributed by atoms with Crippen molar-refractivity contribution < 1.29 is 4.79 Å². The number of carbonyl (C=O) groups excluding carboxylic acids is 1. The Labute approximate surface area is 171 Å². The molecule has 27 heavy (non-hydrogen) atoms. The molecule has 1 amide bonds. The molecule has 0 aromatic heterocycles. The van der Waals surface area contributed by atoms with Crippen molar-refractivity contribution in [3.05, 3.63) is 0 Å². The Bertz CT molecular complexity index is 434. The van der Waals surface area contributed by atoms with E-state index in [2.05, 4.69) is 69.2 Å². The van der Waals surface area contributed by atoms with E-state index in [4.69, 9.17) is 5.73 Å². The zero-order valence-electron chi connectivity index (χ0n) is 20.4. The molecule has 0 aliphatic rings. The van der Waals surface area contributed by atoms with Crippen LogP contribution >= 0.6 is 0 Å². The van der Waals surface area contributed by atoms with Gasteiger partial charge in [0.15, 0.2) is 0 Å². The fraction of sp³-hybridized carbons (Fsp3) is 0.960. The standard InChI is InChI=1S/C25H51NO/c1-22(2,3)15-11-12-16-24(7,8)18-19-25(9,10)17-13-14-20(21(26)27)23(4,5)6/h20H,11-19H2,1-10H3,(H2,26,27)/t20-/m0/s1. The lowest BCUT2D eigenvalue weighted by atomic mass is 9.72. The molecule has 0 aliphatic carbocycles. The SMILES string of the molecule is CC(C)(C)CCCCC(C)(C)CCC(C)(C)CCC[C@@H](C(N)=O)C(C)(C)C. The molecule has 0 heterocycles. The minimum absolute atomic E-state index is 0.0208. The minimum atomic E-state index is -0.142. The molecule has 2 heteroatoms. The summed E-state index contributed by atoms with van der Waals surface area (Å²) in [5, 5.41) is 0. The molecule has 0 unspecified atom stereocenters. The lowest BCUT2D eigenvalue weighted by Crippen LogP contribution is -2.34. The largest absolute Gasteiger partial charge is 0.369 e. The van der Waals surface area contributed by atoms with Crippen molar-refractivity contribution in [3.8, 4) is 0 Å². The van der Waals surface area contributed by atoms with Crippen LogP contribution in [0.15, 0.2) is 0 Å². The lowest BCUT2D eigenvalue weighted by molar-refractivity contribution is -0.125. The minimum Gasteiger partial charge on any atom is -0.369 e. The normalized spacial score (nSPS) is 15.0. The van der Waals surface area contributed by atoms with E-state index in [9.17, 15) is 4.79 Å². The first-order valence-electron chi connectivity index (χ1n) is 11.2. The molecule has 2 nitrogen and oxygen atoms in total. The van der Waals surface area contributed by atoms with E-state index < -0.39 is 0 Å². The fourth-order valence-electron chi connectivity index (χ4n) is 3.97. The van der Waals surface area contributed by atoms with Gasteiger partial charge in [-0.3, -0.25) is 4.79 Å². The topological polar surface area (TPSA) is 43.1 Å². The maximum absolute atomic E-state index is 11.8. The van der Waals surface area contributed by atoms with Crippen molar-refractivity contribution in [2.45, 2.75) is 127 Å². The van der Waals surface area contributed by atoms with Crippen LogP contribution in [-0.4, -0.2) is 5.91 Å². The number of hydrogen-bond acceptors (Lipinski definition) is 1. The van der Waals surface area contributed by atoms with Gasteiger partial charge in [-0.25, -0.2) is 0 Å². The van der Waals surface area contributed by atoms with Gasteiger partial charge in [-0.2, -0.15) is 0 Å². The summed E-state index contributed by atoms with van der Waals surface area (Å²) in [6, 6.07) is 0. The molecule has 0 aliphatic heterocycles. The molecule has 0 saturated heterocycles. The Morgan fingerprint density at radius 3 is 1.44 bits per heavy atom. The third kappa shape index (κ3) is 13.3. The number of primary amides is 1. The van der Waals surface area contributed by atoms with Crippen LogP contribution in [0.25, 0.3) is 0 Å². The van der Waals surface area contributed by atoms with Gasteiger partial charge < -0.3 is 5.73 Å². The van der Waals surface area contributed by atoms with E-state index in [1.165, 1.54) is 44.9 Å². The molecule has 0 aromatic rings. The predicted octanol–water partition coefficient (Wildman–Crippen LogP) is 7.74. The van der Waals surface area contributed by atoms with Gasteiger partial charge in [-0.15, -0.1) is 0 Å². The molecule has 0 radical (unpaired) electrons. The van der Waals surface area contributed by atoms with E-state index in [0.29, 0.717) is 16.2 Å². The molecular formula is C25H51NO. The van der Waals surface area contributed by atoms with Crippen LogP contribution in [0.1, 0.15) is 127 Å². The smallest absolute Gasteiger partial charge is 0.221 e. The Kier molecular flexibility index (Phi) is 10.1. The van der Waals surface area contributed by atoms with Crippen molar-refractivity contribution in [2.75, 3.05) is 0 Å². The molecule has 2 N–H and O–H groups in total. The highest BCUT2D eigenvalue weighted by molar-refractivity contribution is 5.77.